The molecule has 1 N–H and O–H groups in total. The number of hydrogen-bond donors (Lipinski definition) is 1. The van der Waals surface area contributed by atoms with Gasteiger partial charge in [-0.2, -0.15) is 13.2 Å². The molecule has 0 aromatic carbocycles. The van der Waals surface area contributed by atoms with Gasteiger partial charge in [0.15, 0.2) is 6.10 Å². The summed E-state index contributed by atoms with van der Waals surface area (Å²) in [5.74, 6) is 0. The maximum Gasteiger partial charge on any atom is 0.415 e. The largest absolute Gasteiger partial charge is 0.415 e. The molecule has 0 amide bonds. The van der Waals surface area contributed by atoms with Crippen molar-refractivity contribution in [2.24, 2.45) is 0 Å². The number of alkyl halides is 3. The van der Waals surface area contributed by atoms with Crippen LogP contribution in [-0.2, 0) is 0 Å². The minimum atomic E-state index is -4.50. The molecule has 1 fully saturated rings. The third-order valence-corrected chi connectivity index (χ3v) is 3.04. The zero-order chi connectivity index (χ0) is 11.5. The topological polar surface area (TPSA) is 23.5 Å². The van der Waals surface area contributed by atoms with E-state index in [9.17, 15) is 13.2 Å². The van der Waals surface area contributed by atoms with E-state index in [-0.39, 0.29) is 12.6 Å². The minimum Gasteiger partial charge on any atom is -0.382 e. The van der Waals surface area contributed by atoms with Crippen molar-refractivity contribution < 1.29 is 18.3 Å². The number of likely N-dealkylation sites (N-methyl/N-ethyl adjacent to an activating group) is 1. The van der Waals surface area contributed by atoms with Gasteiger partial charge in [0.05, 0.1) is 0 Å². The Labute approximate surface area is 88.1 Å². The summed E-state index contributed by atoms with van der Waals surface area (Å²) in [7, 11) is 1.66. The van der Waals surface area contributed by atoms with Crippen molar-refractivity contribution in [3.8, 4) is 0 Å². The number of rotatable bonds is 3. The van der Waals surface area contributed by atoms with Crippen molar-refractivity contribution in [1.29, 1.82) is 0 Å². The summed E-state index contributed by atoms with van der Waals surface area (Å²) in [6.07, 6.45) is -1.49. The van der Waals surface area contributed by atoms with Gasteiger partial charge in [0.1, 0.15) is 0 Å². The smallest absolute Gasteiger partial charge is 0.382 e. The average Bonchev–Trinajstić information content (AvgIpc) is 2.17. The second-order valence-electron chi connectivity index (χ2n) is 4.29. The predicted octanol–water partition coefficient (Wildman–Crippen LogP) is 2.17. The number of hydrogen-bond acceptors (Lipinski definition) is 2. The minimum absolute atomic E-state index is 0.204. The molecule has 0 unspecified atom stereocenters. The lowest BCUT2D eigenvalue weighted by molar-refractivity contribution is -0.208. The van der Waals surface area contributed by atoms with Crippen LogP contribution in [0.25, 0.3) is 0 Å². The van der Waals surface area contributed by atoms with Crippen LogP contribution in [0.4, 0.5) is 13.2 Å². The first-order chi connectivity index (χ1) is 6.91. The van der Waals surface area contributed by atoms with Gasteiger partial charge < -0.3 is 10.0 Å². The summed E-state index contributed by atoms with van der Waals surface area (Å²) in [6, 6.07) is 0.204. The molecule has 2 nitrogen and oxygen atoms in total. The highest BCUT2D eigenvalue weighted by Gasteiger charge is 2.39. The molecule has 1 aliphatic carbocycles. The number of aliphatic hydroxyl groups excluding tert-OH is 1. The molecule has 0 heterocycles. The predicted molar refractivity (Wildman–Crippen MR) is 51.6 cm³/mol. The van der Waals surface area contributed by atoms with E-state index in [2.05, 4.69) is 0 Å². The van der Waals surface area contributed by atoms with Gasteiger partial charge >= 0.3 is 6.18 Å². The third-order valence-electron chi connectivity index (χ3n) is 3.04. The van der Waals surface area contributed by atoms with E-state index in [0.717, 1.165) is 25.7 Å². The van der Waals surface area contributed by atoms with Crippen LogP contribution in [0, 0.1) is 0 Å². The zero-order valence-electron chi connectivity index (χ0n) is 8.93. The molecule has 0 saturated heterocycles. The normalized spacial score (nSPS) is 22.0. The Bertz CT molecular complexity index is 190. The molecular formula is C10H18F3NO. The highest BCUT2D eigenvalue weighted by Crippen LogP contribution is 2.25. The summed E-state index contributed by atoms with van der Waals surface area (Å²) in [5.41, 5.74) is 0. The second kappa shape index (κ2) is 5.16. The average molecular weight is 225 g/mol. The summed E-state index contributed by atoms with van der Waals surface area (Å²) < 4.78 is 36.3. The maximum absolute atomic E-state index is 12.1. The highest BCUT2D eigenvalue weighted by molar-refractivity contribution is 4.77. The van der Waals surface area contributed by atoms with E-state index >= 15 is 0 Å². The fourth-order valence-electron chi connectivity index (χ4n) is 2.05. The number of aliphatic hydroxyl groups is 1. The standard InChI is InChI=1S/C10H18F3NO/c1-14(7-9(15)10(11,12)13)8-5-3-2-4-6-8/h8-9,15H,2-7H2,1H3/t9-/m1/s1. The first kappa shape index (κ1) is 12.8. The van der Waals surface area contributed by atoms with E-state index in [0.29, 0.717) is 0 Å². The van der Waals surface area contributed by atoms with Crippen molar-refractivity contribution in [2.45, 2.75) is 50.4 Å². The molecule has 0 aromatic rings. The fourth-order valence-corrected chi connectivity index (χ4v) is 2.05. The Morgan fingerprint density at radius 3 is 2.27 bits per heavy atom. The Balaban J connectivity index is 2.36. The molecule has 15 heavy (non-hydrogen) atoms. The molecule has 1 saturated carbocycles. The van der Waals surface area contributed by atoms with Crippen LogP contribution in [0.3, 0.4) is 0 Å². The van der Waals surface area contributed by atoms with Gasteiger partial charge in [0, 0.05) is 12.6 Å². The van der Waals surface area contributed by atoms with Crippen LogP contribution >= 0.6 is 0 Å². The molecule has 1 atom stereocenters. The Morgan fingerprint density at radius 2 is 1.80 bits per heavy atom. The zero-order valence-corrected chi connectivity index (χ0v) is 8.93. The van der Waals surface area contributed by atoms with Crippen molar-refractivity contribution in [3.05, 3.63) is 0 Å². The van der Waals surface area contributed by atoms with Gasteiger partial charge in [-0.3, -0.25) is 0 Å². The second-order valence-corrected chi connectivity index (χ2v) is 4.29. The lowest BCUT2D eigenvalue weighted by atomic mass is 9.94. The van der Waals surface area contributed by atoms with E-state index in [1.807, 2.05) is 0 Å². The van der Waals surface area contributed by atoms with Crippen LogP contribution in [0.5, 0.6) is 0 Å². The van der Waals surface area contributed by atoms with E-state index in [4.69, 9.17) is 5.11 Å². The Hall–Kier alpha value is -0.290. The summed E-state index contributed by atoms with van der Waals surface area (Å²) in [5, 5.41) is 8.92. The van der Waals surface area contributed by atoms with Gasteiger partial charge in [0.25, 0.3) is 0 Å². The van der Waals surface area contributed by atoms with Gasteiger partial charge in [-0.1, -0.05) is 19.3 Å². The fraction of sp³-hybridized carbons (Fsp3) is 1.00. The lowest BCUT2D eigenvalue weighted by Crippen LogP contribution is -2.44. The van der Waals surface area contributed by atoms with Crippen LogP contribution in [0.15, 0.2) is 0 Å². The first-order valence-corrected chi connectivity index (χ1v) is 5.36. The van der Waals surface area contributed by atoms with Gasteiger partial charge in [-0.25, -0.2) is 0 Å². The molecule has 0 aliphatic heterocycles. The molecule has 0 spiro atoms. The monoisotopic (exact) mass is 225 g/mol. The van der Waals surface area contributed by atoms with E-state index < -0.39 is 12.3 Å². The Kier molecular flexibility index (Phi) is 4.40. The van der Waals surface area contributed by atoms with E-state index in [1.165, 1.54) is 6.42 Å². The molecule has 1 rings (SSSR count). The van der Waals surface area contributed by atoms with Crippen LogP contribution in [0.2, 0.25) is 0 Å². The number of nitrogens with zero attached hydrogens (tertiary/aromatic N) is 1. The summed E-state index contributed by atoms with van der Waals surface area (Å²) in [4.78, 5) is 1.64. The van der Waals surface area contributed by atoms with Gasteiger partial charge in [-0.05, 0) is 19.9 Å². The lowest BCUT2D eigenvalue weighted by Gasteiger charge is -2.32. The van der Waals surface area contributed by atoms with Crippen molar-refractivity contribution in [3.63, 3.8) is 0 Å². The first-order valence-electron chi connectivity index (χ1n) is 5.36. The van der Waals surface area contributed by atoms with Gasteiger partial charge in [0.2, 0.25) is 0 Å². The quantitative estimate of drug-likeness (QED) is 0.795. The Morgan fingerprint density at radius 1 is 1.27 bits per heavy atom. The SMILES string of the molecule is CN(C[C@@H](O)C(F)(F)F)C1CCCCC1. The molecule has 90 valence electrons. The molecular weight excluding hydrogens is 207 g/mol. The summed E-state index contributed by atoms with van der Waals surface area (Å²) in [6.45, 7) is -0.311. The van der Waals surface area contributed by atoms with Crippen molar-refractivity contribution >= 4 is 0 Å². The van der Waals surface area contributed by atoms with Crippen LogP contribution < -0.4 is 0 Å². The highest BCUT2D eigenvalue weighted by atomic mass is 19.4. The molecule has 0 bridgehead atoms. The van der Waals surface area contributed by atoms with E-state index in [1.54, 1.807) is 11.9 Å². The molecule has 1 aliphatic rings. The number of halogens is 3. The maximum atomic E-state index is 12.1. The van der Waals surface area contributed by atoms with Gasteiger partial charge in [-0.15, -0.1) is 0 Å². The third kappa shape index (κ3) is 3.99. The molecule has 0 aromatic heterocycles. The summed E-state index contributed by atoms with van der Waals surface area (Å²) >= 11 is 0. The molecule has 0 radical (unpaired) electrons. The van der Waals surface area contributed by atoms with Crippen LogP contribution in [0.1, 0.15) is 32.1 Å². The van der Waals surface area contributed by atoms with Crippen LogP contribution in [-0.4, -0.2) is 41.9 Å². The van der Waals surface area contributed by atoms with Crippen molar-refractivity contribution in [1.82, 2.24) is 4.90 Å². The van der Waals surface area contributed by atoms with Crippen molar-refractivity contribution in [2.75, 3.05) is 13.6 Å². The molecule has 5 heteroatoms.